The summed E-state index contributed by atoms with van der Waals surface area (Å²) in [6.45, 7) is 2.81. The van der Waals surface area contributed by atoms with E-state index < -0.39 is 19.8 Å². The number of phosphoric ester groups is 1. The van der Waals surface area contributed by atoms with Crippen molar-refractivity contribution in [2.75, 3.05) is 13.2 Å². The molecule has 0 aliphatic rings. The molecule has 0 aliphatic carbocycles. The first-order valence-corrected chi connectivity index (χ1v) is 11.9. The summed E-state index contributed by atoms with van der Waals surface area (Å²) in [6, 6.07) is -0.820. The molecule has 174 valence electrons. The van der Waals surface area contributed by atoms with Crippen LogP contribution in [-0.4, -0.2) is 46.0 Å². The number of phosphoric acid groups is 1. The van der Waals surface area contributed by atoms with Crippen LogP contribution in [-0.2, 0) is 13.9 Å². The number of nitrogens with zero attached hydrogens (tertiary/aromatic N) is 1. The Kier molecular flexibility index (Phi) is 20.8. The largest absolute Gasteiger partial charge is 0.480 e. The third kappa shape index (κ3) is 29.1. The number of nitrogens with two attached hydrogens (primary N) is 3. The summed E-state index contributed by atoms with van der Waals surface area (Å²) in [5.74, 6) is -0.987. The van der Waals surface area contributed by atoms with Gasteiger partial charge in [-0.05, 0) is 19.3 Å². The molecule has 0 fully saturated rings. The highest BCUT2D eigenvalue weighted by atomic mass is 31.2. The van der Waals surface area contributed by atoms with Crippen LogP contribution in [0.25, 0.3) is 0 Å². The summed E-state index contributed by atoms with van der Waals surface area (Å²) in [4.78, 5) is 30.8. The van der Waals surface area contributed by atoms with Crippen LogP contribution in [0, 0.1) is 0 Å². The van der Waals surface area contributed by atoms with E-state index in [1.165, 1.54) is 44.9 Å². The van der Waals surface area contributed by atoms with Crippen LogP contribution in [0.3, 0.4) is 0 Å². The molecule has 0 saturated heterocycles. The van der Waals surface area contributed by atoms with Crippen LogP contribution in [0.2, 0.25) is 0 Å². The van der Waals surface area contributed by atoms with Crippen LogP contribution >= 0.6 is 7.82 Å². The van der Waals surface area contributed by atoms with Gasteiger partial charge in [0.05, 0.1) is 6.61 Å². The van der Waals surface area contributed by atoms with Crippen molar-refractivity contribution in [1.82, 2.24) is 0 Å². The van der Waals surface area contributed by atoms with E-state index in [1.807, 2.05) is 0 Å². The van der Waals surface area contributed by atoms with Gasteiger partial charge in [0.1, 0.15) is 6.04 Å². The van der Waals surface area contributed by atoms with E-state index >= 15 is 0 Å². The van der Waals surface area contributed by atoms with Gasteiger partial charge in [0.2, 0.25) is 0 Å². The van der Waals surface area contributed by atoms with Crippen molar-refractivity contribution in [2.45, 2.75) is 90.0 Å². The first kappa shape index (κ1) is 30.0. The molecule has 0 bridgehead atoms. The van der Waals surface area contributed by atoms with E-state index in [1.54, 1.807) is 0 Å². The summed E-state index contributed by atoms with van der Waals surface area (Å²) in [5.41, 5.74) is 15.3. The molecule has 0 spiro atoms. The summed E-state index contributed by atoms with van der Waals surface area (Å²) in [6.07, 6.45) is 13.0. The van der Waals surface area contributed by atoms with Gasteiger partial charge in [-0.1, -0.05) is 64.7 Å². The average Bonchev–Trinajstić information content (AvgIpc) is 2.62. The summed E-state index contributed by atoms with van der Waals surface area (Å²) in [7, 11) is -4.24. The van der Waals surface area contributed by atoms with Crippen molar-refractivity contribution in [2.24, 2.45) is 22.2 Å². The monoisotopic (exact) mass is 440 g/mol. The van der Waals surface area contributed by atoms with Gasteiger partial charge >= 0.3 is 13.8 Å². The lowest BCUT2D eigenvalue weighted by Gasteiger charge is -2.05. The van der Waals surface area contributed by atoms with E-state index in [0.717, 1.165) is 19.3 Å². The summed E-state index contributed by atoms with van der Waals surface area (Å²) < 4.78 is 14.7. The topological polar surface area (TPSA) is 194 Å². The number of unbranched alkanes of at least 4 members (excludes halogenated alkanes) is 9. The van der Waals surface area contributed by atoms with Crippen LogP contribution in [0.4, 0.5) is 0 Å². The van der Waals surface area contributed by atoms with Crippen molar-refractivity contribution in [3.05, 3.63) is 0 Å². The number of hydrogen-bond donors (Lipinski definition) is 6. The molecule has 0 heterocycles. The van der Waals surface area contributed by atoms with Crippen molar-refractivity contribution in [1.29, 1.82) is 0 Å². The van der Waals surface area contributed by atoms with Gasteiger partial charge in [0.15, 0.2) is 5.96 Å². The molecule has 0 aromatic carbocycles. The van der Waals surface area contributed by atoms with E-state index in [9.17, 15) is 9.36 Å². The number of carboxylic acid groups (broad SMARTS) is 1. The van der Waals surface area contributed by atoms with Gasteiger partial charge in [0.25, 0.3) is 0 Å². The van der Waals surface area contributed by atoms with Crippen molar-refractivity contribution in [3.8, 4) is 0 Å². The fourth-order valence-electron chi connectivity index (χ4n) is 2.42. The maximum atomic E-state index is 10.4. The highest BCUT2D eigenvalue weighted by Gasteiger charge is 2.12. The molecule has 10 nitrogen and oxygen atoms in total. The SMILES string of the molecule is CCCCCCCCCCCCOP(=O)(O)O.NC(N)=NCCCC(N)C(=O)O. The highest BCUT2D eigenvalue weighted by Crippen LogP contribution is 2.35. The lowest BCUT2D eigenvalue weighted by Crippen LogP contribution is -2.30. The van der Waals surface area contributed by atoms with E-state index in [-0.39, 0.29) is 12.6 Å². The molecular formula is C18H41N4O6P. The smallest absolute Gasteiger partial charge is 0.469 e. The third-order valence-corrected chi connectivity index (χ3v) is 4.56. The standard InChI is InChI=1S/C12H27O4P.C6H14N4O2/c1-2-3-4-5-6-7-8-9-10-11-12-16-17(13,14)15;7-4(5(11)12)2-1-3-10-6(8)9/h2-12H2,1H3,(H2,13,14,15);4H,1-3,7H2,(H,11,12)(H4,8,9,10). The summed E-state index contributed by atoms with van der Waals surface area (Å²) >= 11 is 0. The molecule has 0 aromatic rings. The molecular weight excluding hydrogens is 399 g/mol. The van der Waals surface area contributed by atoms with Gasteiger partial charge in [-0.15, -0.1) is 0 Å². The van der Waals surface area contributed by atoms with Gasteiger partial charge in [-0.25, -0.2) is 4.57 Å². The summed E-state index contributed by atoms with van der Waals surface area (Å²) in [5, 5.41) is 8.38. The van der Waals surface area contributed by atoms with E-state index in [0.29, 0.717) is 19.4 Å². The van der Waals surface area contributed by atoms with E-state index in [4.69, 9.17) is 32.1 Å². The van der Waals surface area contributed by atoms with Gasteiger partial charge in [0, 0.05) is 6.54 Å². The first-order valence-electron chi connectivity index (χ1n) is 10.3. The van der Waals surface area contributed by atoms with Crippen LogP contribution in [0.1, 0.15) is 84.0 Å². The maximum Gasteiger partial charge on any atom is 0.469 e. The van der Waals surface area contributed by atoms with Gasteiger partial charge in [-0.3, -0.25) is 14.3 Å². The lowest BCUT2D eigenvalue weighted by atomic mass is 10.1. The molecule has 1 unspecified atom stereocenters. The average molecular weight is 441 g/mol. The molecule has 1 atom stereocenters. The second-order valence-corrected chi connectivity index (χ2v) is 8.14. The molecule has 0 rings (SSSR count). The van der Waals surface area contributed by atoms with Crippen LogP contribution < -0.4 is 17.2 Å². The fourth-order valence-corrected chi connectivity index (χ4v) is 2.78. The number of aliphatic imine (C=N–C) groups is 1. The van der Waals surface area contributed by atoms with E-state index in [2.05, 4.69) is 16.4 Å². The Hall–Kier alpha value is -1.19. The predicted molar refractivity (Wildman–Crippen MR) is 115 cm³/mol. The van der Waals surface area contributed by atoms with Crippen molar-refractivity contribution < 1.29 is 28.8 Å². The van der Waals surface area contributed by atoms with Crippen LogP contribution in [0.15, 0.2) is 4.99 Å². The first-order chi connectivity index (χ1) is 13.6. The minimum atomic E-state index is -4.24. The molecule has 0 aliphatic heterocycles. The van der Waals surface area contributed by atoms with Crippen LogP contribution in [0.5, 0.6) is 0 Å². The molecule has 29 heavy (non-hydrogen) atoms. The third-order valence-electron chi connectivity index (χ3n) is 4.04. The van der Waals surface area contributed by atoms with Gasteiger partial charge < -0.3 is 32.1 Å². The Balaban J connectivity index is 0. The zero-order valence-electron chi connectivity index (χ0n) is 17.7. The number of rotatable bonds is 17. The number of hydrogen-bond acceptors (Lipinski definition) is 5. The molecule has 9 N–H and O–H groups in total. The molecule has 0 amide bonds. The second kappa shape index (κ2) is 20.1. The number of carbonyl (C=O) groups is 1. The molecule has 0 aromatic heterocycles. The molecule has 11 heteroatoms. The Morgan fingerprint density at radius 2 is 1.45 bits per heavy atom. The zero-order chi connectivity index (χ0) is 22.5. The van der Waals surface area contributed by atoms with Gasteiger partial charge in [-0.2, -0.15) is 0 Å². The van der Waals surface area contributed by atoms with Crippen molar-refractivity contribution in [3.63, 3.8) is 0 Å². The number of guanidine groups is 1. The Labute approximate surface area is 174 Å². The number of aliphatic carboxylic acids is 1. The lowest BCUT2D eigenvalue weighted by molar-refractivity contribution is -0.138. The molecule has 0 radical (unpaired) electrons. The Bertz CT molecular complexity index is 469. The Morgan fingerprint density at radius 3 is 1.86 bits per heavy atom. The predicted octanol–water partition coefficient (Wildman–Crippen LogP) is 2.47. The highest BCUT2D eigenvalue weighted by molar-refractivity contribution is 7.46. The normalized spacial score (nSPS) is 12.0. The quantitative estimate of drug-likeness (QED) is 0.0852. The van der Waals surface area contributed by atoms with Crippen molar-refractivity contribution >= 4 is 19.8 Å². The minimum Gasteiger partial charge on any atom is -0.480 e. The zero-order valence-corrected chi connectivity index (χ0v) is 18.6. The fraction of sp³-hybridized carbons (Fsp3) is 0.889. The second-order valence-electron chi connectivity index (χ2n) is 6.90. The Morgan fingerprint density at radius 1 is 0.966 bits per heavy atom. The minimum absolute atomic E-state index is 0.0129. The number of carboxylic acids is 1. The molecule has 0 saturated carbocycles. The maximum absolute atomic E-state index is 10.4.